The Balaban J connectivity index is 0.729. The molecule has 16 heteroatoms. The van der Waals surface area contributed by atoms with Gasteiger partial charge in [-0.25, -0.2) is 13.2 Å². The summed E-state index contributed by atoms with van der Waals surface area (Å²) in [5, 5.41) is 12.0. The highest BCUT2D eigenvalue weighted by atomic mass is 19.1. The molecule has 0 aliphatic carbocycles. The van der Waals surface area contributed by atoms with Crippen molar-refractivity contribution in [2.75, 3.05) is 87.3 Å². The number of β-lactam (4-membered cyclic amide) rings is 1. The van der Waals surface area contributed by atoms with Crippen molar-refractivity contribution < 1.29 is 42.2 Å². The molecule has 4 amide bonds. The zero-order valence-corrected chi connectivity index (χ0v) is 36.2. The van der Waals surface area contributed by atoms with Gasteiger partial charge in [-0.2, -0.15) is 0 Å². The SMILES string of the molecule is COc1cc(N2CCC(CN3CCN(CC4CCN(c5ccc6c(c5)CN(C5CCC(=O)NC5=O)C6=O)CC4)CC3)CC2)c(F)cc1[C@@H]1N(c2cc(F)c(O)c(F)c2)C(=O)C1(C)C. The highest BCUT2D eigenvalue weighted by molar-refractivity contribution is 6.06. The van der Waals surface area contributed by atoms with Crippen molar-refractivity contribution in [1.82, 2.24) is 20.0 Å². The zero-order valence-electron chi connectivity index (χ0n) is 36.2. The van der Waals surface area contributed by atoms with E-state index < -0.39 is 46.6 Å². The number of phenolic OH excluding ortho intramolecular Hbond substituents is 1. The number of ether oxygens (including phenoxy) is 1. The molecule has 6 aliphatic heterocycles. The number of nitrogens with one attached hydrogen (secondary N) is 1. The Hall–Kier alpha value is -5.35. The van der Waals surface area contributed by atoms with Crippen molar-refractivity contribution in [3.8, 4) is 11.5 Å². The fraction of sp³-hybridized carbons (Fsp3) is 0.532. The lowest BCUT2D eigenvalue weighted by molar-refractivity contribution is -0.138. The number of carbonyl (C=O) groups excluding carboxylic acids is 4. The first-order valence-electron chi connectivity index (χ1n) is 22.3. The summed E-state index contributed by atoms with van der Waals surface area (Å²) in [5.41, 5.74) is 2.43. The third kappa shape index (κ3) is 8.09. The lowest BCUT2D eigenvalue weighted by Gasteiger charge is -2.53. The predicted octanol–water partition coefficient (Wildman–Crippen LogP) is 5.44. The highest BCUT2D eigenvalue weighted by Gasteiger charge is 2.57. The fourth-order valence-corrected chi connectivity index (χ4v) is 10.8. The van der Waals surface area contributed by atoms with Crippen molar-refractivity contribution >= 4 is 40.7 Å². The van der Waals surface area contributed by atoms with E-state index in [9.17, 15) is 33.1 Å². The summed E-state index contributed by atoms with van der Waals surface area (Å²) in [7, 11) is 1.48. The van der Waals surface area contributed by atoms with Crippen LogP contribution in [-0.4, -0.2) is 122 Å². The molecular weight excluding hydrogens is 816 g/mol. The number of nitrogens with zero attached hydrogens (tertiary/aromatic N) is 6. The van der Waals surface area contributed by atoms with Gasteiger partial charge in [-0.15, -0.1) is 0 Å². The van der Waals surface area contributed by atoms with E-state index in [0.29, 0.717) is 60.5 Å². The minimum Gasteiger partial charge on any atom is -0.503 e. The van der Waals surface area contributed by atoms with Gasteiger partial charge in [0.15, 0.2) is 17.4 Å². The van der Waals surface area contributed by atoms with Crippen molar-refractivity contribution in [3.05, 3.63) is 76.6 Å². The Bertz CT molecular complexity index is 2280. The second kappa shape index (κ2) is 17.0. The first-order chi connectivity index (χ1) is 30.2. The number of fused-ring (bicyclic) bond motifs is 1. The Kier molecular flexibility index (Phi) is 11.6. The molecule has 5 fully saturated rings. The third-order valence-corrected chi connectivity index (χ3v) is 14.5. The predicted molar refractivity (Wildman–Crippen MR) is 230 cm³/mol. The van der Waals surface area contributed by atoms with Crippen LogP contribution in [0.25, 0.3) is 0 Å². The van der Waals surface area contributed by atoms with Gasteiger partial charge < -0.3 is 39.2 Å². The van der Waals surface area contributed by atoms with Crippen LogP contribution in [0.1, 0.15) is 79.9 Å². The average molecular weight is 872 g/mol. The first-order valence-corrected chi connectivity index (χ1v) is 22.3. The maximum atomic E-state index is 16.0. The topological polar surface area (TPSA) is 129 Å². The van der Waals surface area contributed by atoms with Crippen LogP contribution in [0.5, 0.6) is 11.5 Å². The molecule has 6 heterocycles. The minimum atomic E-state index is -1.19. The van der Waals surface area contributed by atoms with Gasteiger partial charge in [-0.05, 0) is 87.6 Å². The van der Waals surface area contributed by atoms with Crippen LogP contribution in [0.4, 0.5) is 30.2 Å². The number of benzene rings is 3. The number of anilines is 3. The summed E-state index contributed by atoms with van der Waals surface area (Å²) in [6, 6.07) is 9.48. The molecule has 2 N–H and O–H groups in total. The molecule has 13 nitrogen and oxygen atoms in total. The number of rotatable bonds is 10. The Morgan fingerprint density at radius 3 is 1.94 bits per heavy atom. The molecule has 63 heavy (non-hydrogen) atoms. The smallest absolute Gasteiger partial charge is 0.255 e. The standard InChI is InChI=1S/C47H56F3N7O6/c1-47(2)43(57(46(47)62)32-21-36(49)42(59)37(50)22-32)34-23-35(48)39(24-40(34)63-3)55-14-10-29(11-15-55)26-53-18-16-52(17-19-53)25-28-8-12-54(13-9-28)31-4-5-33-30(20-31)27-56(45(33)61)38-6-7-41(58)51-44(38)60/h4-5,20-24,28-29,38,43,59H,6-19,25-27H2,1-3H3,(H,51,58,60)/t38?,43-/m0/s1. The summed E-state index contributed by atoms with van der Waals surface area (Å²) >= 11 is 0. The molecule has 0 radical (unpaired) electrons. The molecule has 0 saturated carbocycles. The largest absolute Gasteiger partial charge is 0.503 e. The van der Waals surface area contributed by atoms with Crippen molar-refractivity contribution in [2.24, 2.45) is 17.3 Å². The van der Waals surface area contributed by atoms with Crippen LogP contribution in [-0.2, 0) is 20.9 Å². The summed E-state index contributed by atoms with van der Waals surface area (Å²) in [6.07, 6.45) is 4.66. The summed E-state index contributed by atoms with van der Waals surface area (Å²) in [4.78, 5) is 62.9. The quantitative estimate of drug-likeness (QED) is 0.201. The molecule has 336 valence electrons. The maximum Gasteiger partial charge on any atom is 0.255 e. The van der Waals surface area contributed by atoms with Gasteiger partial charge in [0, 0.05) is 113 Å². The van der Waals surface area contributed by atoms with Gasteiger partial charge in [-0.1, -0.05) is 0 Å². The van der Waals surface area contributed by atoms with E-state index in [1.165, 1.54) is 18.1 Å². The summed E-state index contributed by atoms with van der Waals surface area (Å²) in [6.45, 7) is 13.3. The summed E-state index contributed by atoms with van der Waals surface area (Å²) in [5.74, 6) is -3.67. The molecule has 0 aromatic heterocycles. The van der Waals surface area contributed by atoms with Gasteiger partial charge >= 0.3 is 0 Å². The van der Waals surface area contributed by atoms with E-state index in [-0.39, 0.29) is 29.8 Å². The Labute approximate surface area is 365 Å². The van der Waals surface area contributed by atoms with Crippen LogP contribution in [0.3, 0.4) is 0 Å². The number of phenols is 1. The number of hydrogen-bond acceptors (Lipinski definition) is 10. The van der Waals surface area contributed by atoms with Crippen molar-refractivity contribution in [1.29, 1.82) is 0 Å². The minimum absolute atomic E-state index is 0.0676. The molecule has 0 spiro atoms. The van der Waals surface area contributed by atoms with E-state index in [1.54, 1.807) is 24.8 Å². The average Bonchev–Trinajstić information content (AvgIpc) is 3.60. The molecule has 0 bridgehead atoms. The van der Waals surface area contributed by atoms with Crippen LogP contribution in [0.2, 0.25) is 0 Å². The lowest BCUT2D eigenvalue weighted by Crippen LogP contribution is -2.61. The van der Waals surface area contributed by atoms with Crippen LogP contribution < -0.4 is 24.8 Å². The molecule has 1 unspecified atom stereocenters. The number of piperazine rings is 1. The molecule has 2 atom stereocenters. The van der Waals surface area contributed by atoms with Crippen LogP contribution in [0, 0.1) is 34.7 Å². The molecule has 3 aromatic carbocycles. The number of halogens is 3. The Morgan fingerprint density at radius 1 is 0.746 bits per heavy atom. The van der Waals surface area contributed by atoms with Gasteiger partial charge in [0.25, 0.3) is 5.91 Å². The number of hydrogen-bond donors (Lipinski definition) is 2. The van der Waals surface area contributed by atoms with Crippen LogP contribution >= 0.6 is 0 Å². The van der Waals surface area contributed by atoms with E-state index >= 15 is 4.39 Å². The van der Waals surface area contributed by atoms with Gasteiger partial charge in [0.05, 0.1) is 29.9 Å². The molecule has 9 rings (SSSR count). The number of aromatic hydroxyl groups is 1. The normalized spacial score (nSPS) is 23.9. The highest BCUT2D eigenvalue weighted by Crippen LogP contribution is 2.55. The number of methoxy groups -OCH3 is 1. The van der Waals surface area contributed by atoms with E-state index in [1.807, 2.05) is 17.0 Å². The van der Waals surface area contributed by atoms with Gasteiger partial charge in [0.2, 0.25) is 17.7 Å². The number of amides is 4. The van der Waals surface area contributed by atoms with Gasteiger partial charge in [0.1, 0.15) is 17.6 Å². The lowest BCUT2D eigenvalue weighted by atomic mass is 9.70. The third-order valence-electron chi connectivity index (χ3n) is 14.5. The number of imide groups is 1. The molecule has 5 saturated heterocycles. The van der Waals surface area contributed by atoms with E-state index in [4.69, 9.17) is 4.74 Å². The first kappa shape index (κ1) is 42.9. The monoisotopic (exact) mass is 871 g/mol. The van der Waals surface area contributed by atoms with E-state index in [2.05, 4.69) is 26.1 Å². The summed E-state index contributed by atoms with van der Waals surface area (Å²) < 4.78 is 50.4. The molecule has 3 aromatic rings. The van der Waals surface area contributed by atoms with Crippen molar-refractivity contribution in [3.63, 3.8) is 0 Å². The molecule has 6 aliphatic rings. The number of carbonyl (C=O) groups is 4. The van der Waals surface area contributed by atoms with Crippen LogP contribution in [0.15, 0.2) is 42.5 Å². The Morgan fingerprint density at radius 2 is 1.35 bits per heavy atom. The second-order valence-electron chi connectivity index (χ2n) is 18.8. The number of piperidine rings is 3. The second-order valence-corrected chi connectivity index (χ2v) is 18.8. The van der Waals surface area contributed by atoms with Gasteiger partial charge in [-0.3, -0.25) is 24.5 Å². The molecular formula is C47H56F3N7O6. The zero-order chi connectivity index (χ0) is 44.3. The fourth-order valence-electron chi connectivity index (χ4n) is 10.8. The van der Waals surface area contributed by atoms with Crippen molar-refractivity contribution in [2.45, 2.75) is 71.0 Å². The van der Waals surface area contributed by atoms with E-state index in [0.717, 1.165) is 101 Å². The maximum absolute atomic E-state index is 16.0.